The van der Waals surface area contributed by atoms with Gasteiger partial charge in [0.1, 0.15) is 17.2 Å². The lowest BCUT2D eigenvalue weighted by Crippen LogP contribution is -2.31. The molecule has 4 N–H and O–H groups in total. The zero-order valence-corrected chi connectivity index (χ0v) is 29.1. The number of carbonyl (C=O) groups is 2. The number of anilines is 1. The van der Waals surface area contributed by atoms with E-state index >= 15 is 0 Å². The quantitative estimate of drug-likeness (QED) is 0.194. The predicted octanol–water partition coefficient (Wildman–Crippen LogP) is 5.04. The molecular weight excluding hydrogens is 653 g/mol. The molecule has 3 aromatic heterocycles. The Morgan fingerprint density at radius 3 is 2.23 bits per heavy atom. The summed E-state index contributed by atoms with van der Waals surface area (Å²) in [6, 6.07) is 11.0. The van der Waals surface area contributed by atoms with E-state index in [1.807, 2.05) is 24.3 Å². The van der Waals surface area contributed by atoms with Crippen molar-refractivity contribution in [3.8, 4) is 0 Å². The summed E-state index contributed by atoms with van der Waals surface area (Å²) in [5.41, 5.74) is 7.83. The van der Waals surface area contributed by atoms with Gasteiger partial charge in [-0.25, -0.2) is 9.78 Å². The van der Waals surface area contributed by atoms with Gasteiger partial charge in [-0.2, -0.15) is 10.2 Å². The number of nitrogens with zero attached hydrogens (tertiary/aromatic N) is 6. The maximum Gasteiger partial charge on any atom is 0.356 e. The first kappa shape index (κ1) is 35.6. The molecule has 4 aromatic rings. The number of aryl methyl sites for hydroxylation is 2. The van der Waals surface area contributed by atoms with E-state index in [1.54, 1.807) is 27.7 Å². The Balaban J connectivity index is 0.000000214. The number of pyridine rings is 1. The Hall–Kier alpha value is -3.71. The number of aromatic nitrogens is 5. The molecule has 2 fully saturated rings. The molecule has 0 aliphatic carbocycles. The van der Waals surface area contributed by atoms with Crippen LogP contribution in [0.2, 0.25) is 10.3 Å². The molecule has 12 nitrogen and oxygen atoms in total. The zero-order valence-electron chi connectivity index (χ0n) is 27.6. The molecule has 48 heavy (non-hydrogen) atoms. The van der Waals surface area contributed by atoms with E-state index in [0.717, 1.165) is 55.4 Å². The number of fused-ring (bicyclic) bond motifs is 1. The molecule has 6 rings (SSSR count). The molecular formula is C34H45Cl2N9O3. The van der Waals surface area contributed by atoms with Crippen molar-refractivity contribution < 1.29 is 14.3 Å². The first-order chi connectivity index (χ1) is 23.2. The number of benzene rings is 1. The second-order valence-corrected chi connectivity index (χ2v) is 13.4. The van der Waals surface area contributed by atoms with Crippen molar-refractivity contribution in [2.45, 2.75) is 58.2 Å². The van der Waals surface area contributed by atoms with Crippen LogP contribution < -0.4 is 16.4 Å². The molecule has 2 aliphatic rings. The summed E-state index contributed by atoms with van der Waals surface area (Å²) < 4.78 is 8.10. The van der Waals surface area contributed by atoms with Gasteiger partial charge in [0.2, 0.25) is 0 Å². The average molecular weight is 699 g/mol. The van der Waals surface area contributed by atoms with Gasteiger partial charge < -0.3 is 26.0 Å². The van der Waals surface area contributed by atoms with Crippen molar-refractivity contribution in [3.63, 3.8) is 0 Å². The lowest BCUT2D eigenvalue weighted by molar-refractivity contribution is 0.0585. The molecule has 0 bridgehead atoms. The van der Waals surface area contributed by atoms with Gasteiger partial charge in [0.15, 0.2) is 10.3 Å². The smallest absolute Gasteiger partial charge is 0.356 e. The fourth-order valence-electron chi connectivity index (χ4n) is 6.33. The van der Waals surface area contributed by atoms with Crippen molar-refractivity contribution in [1.29, 1.82) is 0 Å². The minimum Gasteiger partial charge on any atom is -0.464 e. The highest BCUT2D eigenvalue weighted by atomic mass is 35.5. The normalized spacial score (nSPS) is 16.0. The van der Waals surface area contributed by atoms with E-state index in [4.69, 9.17) is 33.7 Å². The molecule has 14 heteroatoms. The van der Waals surface area contributed by atoms with E-state index in [2.05, 4.69) is 37.8 Å². The number of piperidine rings is 2. The number of carbonyl (C=O) groups excluding carboxylic acids is 2. The third-order valence-electron chi connectivity index (χ3n) is 9.24. The largest absolute Gasteiger partial charge is 0.464 e. The number of nitrogen functional groups attached to an aromatic ring is 1. The summed E-state index contributed by atoms with van der Waals surface area (Å²) in [4.78, 5) is 30.8. The van der Waals surface area contributed by atoms with Gasteiger partial charge in [-0.1, -0.05) is 35.3 Å². The second-order valence-electron chi connectivity index (χ2n) is 12.6. The van der Waals surface area contributed by atoms with E-state index < -0.39 is 0 Å². The van der Waals surface area contributed by atoms with Crippen LogP contribution in [-0.2, 0) is 24.4 Å². The van der Waals surface area contributed by atoms with Crippen LogP contribution in [0, 0.1) is 11.8 Å². The Labute approximate surface area is 291 Å². The molecule has 0 atom stereocenters. The molecule has 2 aliphatic heterocycles. The van der Waals surface area contributed by atoms with Crippen molar-refractivity contribution in [2.24, 2.45) is 11.8 Å². The van der Waals surface area contributed by atoms with Gasteiger partial charge in [0, 0.05) is 43.4 Å². The summed E-state index contributed by atoms with van der Waals surface area (Å²) in [6.45, 7) is 6.24. The van der Waals surface area contributed by atoms with Crippen LogP contribution in [0.3, 0.4) is 0 Å². The van der Waals surface area contributed by atoms with Crippen LogP contribution in [-0.4, -0.2) is 81.7 Å². The maximum absolute atomic E-state index is 12.8. The number of esters is 1. The number of halogens is 2. The van der Waals surface area contributed by atoms with Crippen molar-refractivity contribution in [2.75, 3.05) is 46.1 Å². The fourth-order valence-corrected chi connectivity index (χ4v) is 6.72. The molecule has 0 saturated carbocycles. The highest BCUT2D eigenvalue weighted by molar-refractivity contribution is 6.30. The maximum atomic E-state index is 12.8. The molecule has 0 spiro atoms. The van der Waals surface area contributed by atoms with E-state index in [0.29, 0.717) is 59.0 Å². The minimum atomic E-state index is -0.389. The molecule has 2 saturated heterocycles. The molecule has 1 aromatic carbocycles. The number of rotatable bonds is 10. The number of hydrogen-bond donors (Lipinski definition) is 3. The van der Waals surface area contributed by atoms with Crippen molar-refractivity contribution in [3.05, 3.63) is 69.9 Å². The fraction of sp³-hybridized carbons (Fsp3) is 0.500. The topological polar surface area (TPSA) is 145 Å². The van der Waals surface area contributed by atoms with Crippen LogP contribution in [0.4, 0.5) is 5.82 Å². The summed E-state index contributed by atoms with van der Waals surface area (Å²) in [6.07, 6.45) is 8.45. The first-order valence-electron chi connectivity index (χ1n) is 16.6. The highest BCUT2D eigenvalue weighted by Gasteiger charge is 2.20. The number of likely N-dealkylation sites (tertiary alicyclic amines) is 1. The summed E-state index contributed by atoms with van der Waals surface area (Å²) >= 11 is 11.9. The number of hydrogen-bond acceptors (Lipinski definition) is 9. The molecule has 0 radical (unpaired) electrons. The Kier molecular flexibility index (Phi) is 12.7. The van der Waals surface area contributed by atoms with Crippen LogP contribution in [0.5, 0.6) is 0 Å². The van der Waals surface area contributed by atoms with E-state index in [9.17, 15) is 9.59 Å². The molecule has 258 valence electrons. The highest BCUT2D eigenvalue weighted by Crippen LogP contribution is 2.23. The zero-order chi connectivity index (χ0) is 34.0. The minimum absolute atomic E-state index is 0.174. The Morgan fingerprint density at radius 1 is 0.938 bits per heavy atom. The SMILES string of the molecule is CN1CCC(CCn2nc(Cl)cc2C(=O)NCc2ccc3c(N)nccc3c2)CC1.COC(=O)c1cc(Cl)nn1CCC1CCNCC1. The van der Waals surface area contributed by atoms with E-state index in [1.165, 1.54) is 32.8 Å². The summed E-state index contributed by atoms with van der Waals surface area (Å²) in [5, 5.41) is 17.4. The first-order valence-corrected chi connectivity index (χ1v) is 17.3. The van der Waals surface area contributed by atoms with Gasteiger partial charge in [-0.3, -0.25) is 14.2 Å². The lowest BCUT2D eigenvalue weighted by atomic mass is 9.94. The van der Waals surface area contributed by atoms with Crippen LogP contribution >= 0.6 is 23.2 Å². The van der Waals surface area contributed by atoms with Gasteiger partial charge in [0.25, 0.3) is 5.91 Å². The van der Waals surface area contributed by atoms with Crippen LogP contribution in [0.15, 0.2) is 42.6 Å². The Bertz CT molecular complexity index is 1680. The van der Waals surface area contributed by atoms with E-state index in [-0.39, 0.29) is 11.9 Å². The molecule has 1 amide bonds. The predicted molar refractivity (Wildman–Crippen MR) is 188 cm³/mol. The molecule has 5 heterocycles. The average Bonchev–Trinajstić information content (AvgIpc) is 3.67. The van der Waals surface area contributed by atoms with Gasteiger partial charge in [-0.15, -0.1) is 0 Å². The Morgan fingerprint density at radius 2 is 1.56 bits per heavy atom. The van der Waals surface area contributed by atoms with Crippen molar-refractivity contribution >= 4 is 51.7 Å². The van der Waals surface area contributed by atoms with Crippen molar-refractivity contribution in [1.82, 2.24) is 40.1 Å². The third-order valence-corrected chi connectivity index (χ3v) is 9.60. The van der Waals surface area contributed by atoms with Gasteiger partial charge in [0.05, 0.1) is 7.11 Å². The van der Waals surface area contributed by atoms with Crippen LogP contribution in [0.1, 0.15) is 65.1 Å². The number of amides is 1. The van der Waals surface area contributed by atoms with Crippen LogP contribution in [0.25, 0.3) is 10.8 Å². The number of methoxy groups -OCH3 is 1. The summed E-state index contributed by atoms with van der Waals surface area (Å²) in [5.74, 6) is 1.30. The molecule has 0 unspecified atom stereocenters. The third kappa shape index (κ3) is 9.68. The monoisotopic (exact) mass is 697 g/mol. The standard InChI is InChI=1S/C22H27ClN6O.C12H18ClN3O2/c1-28-9-5-15(6-10-28)7-11-29-19(13-20(23)27-29)22(30)26-14-16-2-3-18-17(12-16)4-8-25-21(18)24;1-18-12(17)10-8-11(13)15-16(10)7-4-9-2-5-14-6-3-9/h2-4,8,12-13,15H,5-7,9-11,14H2,1H3,(H2,24,25)(H,26,30);8-9,14H,2-7H2,1H3. The van der Waals surface area contributed by atoms with Gasteiger partial charge in [-0.05, 0) is 107 Å². The van der Waals surface area contributed by atoms with Gasteiger partial charge >= 0.3 is 5.97 Å². The number of nitrogens with one attached hydrogen (secondary N) is 2. The second kappa shape index (κ2) is 17.1. The lowest BCUT2D eigenvalue weighted by Gasteiger charge is -2.28. The number of ether oxygens (including phenoxy) is 1. The number of nitrogens with two attached hydrogens (primary N) is 1. The summed E-state index contributed by atoms with van der Waals surface area (Å²) in [7, 11) is 3.52.